The second-order valence-corrected chi connectivity index (χ2v) is 6.97. The molecule has 0 aliphatic rings. The van der Waals surface area contributed by atoms with Gasteiger partial charge in [0.15, 0.2) is 4.34 Å². The molecule has 2 heterocycles. The molecule has 0 amide bonds. The fraction of sp³-hybridized carbons (Fsp3) is 0.0588. The lowest BCUT2D eigenvalue weighted by Crippen LogP contribution is -1.77. The van der Waals surface area contributed by atoms with E-state index in [1.54, 1.807) is 23.1 Å². The average Bonchev–Trinajstić information content (AvgIpc) is 3.16. The van der Waals surface area contributed by atoms with Gasteiger partial charge in [0, 0.05) is 28.9 Å². The molecule has 2 aromatic heterocycles. The van der Waals surface area contributed by atoms with E-state index in [0.29, 0.717) is 0 Å². The Labute approximate surface area is 136 Å². The lowest BCUT2D eigenvalue weighted by molar-refractivity contribution is 1.31. The van der Waals surface area contributed by atoms with Crippen molar-refractivity contribution in [3.63, 3.8) is 0 Å². The van der Waals surface area contributed by atoms with Crippen molar-refractivity contribution < 1.29 is 0 Å². The van der Waals surface area contributed by atoms with E-state index in [0.717, 1.165) is 26.6 Å². The summed E-state index contributed by atoms with van der Waals surface area (Å²) in [5, 5.41) is 1.19. The number of thioether (sulfide) groups is 1. The van der Waals surface area contributed by atoms with Crippen molar-refractivity contribution in [2.45, 2.75) is 4.34 Å². The Morgan fingerprint density at radius 3 is 3.05 bits per heavy atom. The Bertz CT molecular complexity index is 982. The van der Waals surface area contributed by atoms with Crippen molar-refractivity contribution in [3.05, 3.63) is 54.2 Å². The largest absolute Gasteiger partial charge is 0.361 e. The number of hydrogen-bond acceptors (Lipinski definition) is 4. The number of aliphatic imine (C=N–C) groups is 1. The predicted octanol–water partition coefficient (Wildman–Crippen LogP) is 5.25. The second kappa shape index (κ2) is 5.59. The normalized spacial score (nSPS) is 11.9. The SMILES string of the molecule is CSc1nc2ccc(N=Cc3c[nH]c4ccccc34)cc2s1. The molecule has 0 bridgehead atoms. The summed E-state index contributed by atoms with van der Waals surface area (Å²) in [5.41, 5.74) is 4.23. The number of nitrogens with zero attached hydrogens (tertiary/aromatic N) is 2. The Hall–Kier alpha value is -2.11. The summed E-state index contributed by atoms with van der Waals surface area (Å²) in [6, 6.07) is 14.4. The number of thiazole rings is 1. The summed E-state index contributed by atoms with van der Waals surface area (Å²) in [6.45, 7) is 0. The van der Waals surface area contributed by atoms with Gasteiger partial charge in [-0.1, -0.05) is 30.0 Å². The van der Waals surface area contributed by atoms with Crippen molar-refractivity contribution >= 4 is 56.1 Å². The Balaban J connectivity index is 1.70. The van der Waals surface area contributed by atoms with Crippen molar-refractivity contribution in [2.24, 2.45) is 4.99 Å². The summed E-state index contributed by atoms with van der Waals surface area (Å²) in [7, 11) is 0. The van der Waals surface area contributed by atoms with Gasteiger partial charge in [0.2, 0.25) is 0 Å². The molecule has 0 atom stereocenters. The average molecular weight is 323 g/mol. The molecule has 108 valence electrons. The Morgan fingerprint density at radius 1 is 1.23 bits per heavy atom. The number of rotatable bonds is 3. The number of aromatic amines is 1. The molecule has 0 radical (unpaired) electrons. The Kier molecular flexibility index (Phi) is 3.44. The smallest absolute Gasteiger partial charge is 0.150 e. The molecule has 0 aliphatic carbocycles. The van der Waals surface area contributed by atoms with E-state index < -0.39 is 0 Å². The van der Waals surface area contributed by atoms with E-state index in [9.17, 15) is 0 Å². The van der Waals surface area contributed by atoms with Crippen LogP contribution >= 0.6 is 23.1 Å². The lowest BCUT2D eigenvalue weighted by atomic mass is 10.2. The van der Waals surface area contributed by atoms with E-state index in [-0.39, 0.29) is 0 Å². The summed E-state index contributed by atoms with van der Waals surface area (Å²) >= 11 is 3.39. The molecule has 0 fully saturated rings. The van der Waals surface area contributed by atoms with E-state index in [2.05, 4.69) is 33.2 Å². The van der Waals surface area contributed by atoms with Crippen LogP contribution in [0.15, 0.2) is 58.0 Å². The number of nitrogens with one attached hydrogen (secondary N) is 1. The van der Waals surface area contributed by atoms with Gasteiger partial charge >= 0.3 is 0 Å². The first kappa shape index (κ1) is 13.5. The first-order valence-electron chi connectivity index (χ1n) is 6.88. The number of hydrogen-bond donors (Lipinski definition) is 1. The molecule has 2 aromatic carbocycles. The molecule has 1 N–H and O–H groups in total. The number of para-hydroxylation sites is 1. The van der Waals surface area contributed by atoms with Crippen LogP contribution in [0.5, 0.6) is 0 Å². The van der Waals surface area contributed by atoms with Gasteiger partial charge in [0.1, 0.15) is 0 Å². The third-order valence-corrected chi connectivity index (χ3v) is 5.50. The van der Waals surface area contributed by atoms with E-state index >= 15 is 0 Å². The zero-order chi connectivity index (χ0) is 14.9. The van der Waals surface area contributed by atoms with Crippen LogP contribution in [-0.2, 0) is 0 Å². The second-order valence-electron chi connectivity index (χ2n) is 4.88. The molecule has 0 saturated carbocycles. The number of benzene rings is 2. The molecule has 22 heavy (non-hydrogen) atoms. The van der Waals surface area contributed by atoms with Gasteiger partial charge in [0.05, 0.1) is 15.9 Å². The topological polar surface area (TPSA) is 41.0 Å². The number of aromatic nitrogens is 2. The molecule has 5 heteroatoms. The molecule has 4 aromatic rings. The lowest BCUT2D eigenvalue weighted by Gasteiger charge is -1.94. The minimum absolute atomic E-state index is 0.953. The minimum Gasteiger partial charge on any atom is -0.361 e. The van der Waals surface area contributed by atoms with Crippen LogP contribution in [0.2, 0.25) is 0 Å². The van der Waals surface area contributed by atoms with Crippen LogP contribution in [0.1, 0.15) is 5.56 Å². The monoisotopic (exact) mass is 323 g/mol. The zero-order valence-electron chi connectivity index (χ0n) is 11.9. The highest BCUT2D eigenvalue weighted by Crippen LogP contribution is 2.30. The van der Waals surface area contributed by atoms with Crippen molar-refractivity contribution in [1.29, 1.82) is 0 Å². The first-order valence-corrected chi connectivity index (χ1v) is 8.92. The molecule has 0 aliphatic heterocycles. The fourth-order valence-corrected chi connectivity index (χ4v) is 3.93. The molecule has 3 nitrogen and oxygen atoms in total. The van der Waals surface area contributed by atoms with Crippen molar-refractivity contribution in [2.75, 3.05) is 6.26 Å². The van der Waals surface area contributed by atoms with Gasteiger partial charge in [-0.25, -0.2) is 4.98 Å². The Morgan fingerprint density at radius 2 is 2.14 bits per heavy atom. The van der Waals surface area contributed by atoms with Crippen molar-refractivity contribution in [1.82, 2.24) is 9.97 Å². The van der Waals surface area contributed by atoms with Crippen LogP contribution in [0.3, 0.4) is 0 Å². The minimum atomic E-state index is 0.953. The van der Waals surface area contributed by atoms with Gasteiger partial charge in [-0.3, -0.25) is 4.99 Å². The summed E-state index contributed by atoms with van der Waals surface area (Å²) in [6.07, 6.45) is 5.95. The quantitative estimate of drug-likeness (QED) is 0.413. The zero-order valence-corrected chi connectivity index (χ0v) is 13.5. The summed E-state index contributed by atoms with van der Waals surface area (Å²) in [5.74, 6) is 0. The van der Waals surface area contributed by atoms with Crippen LogP contribution in [0, 0.1) is 0 Å². The highest BCUT2D eigenvalue weighted by atomic mass is 32.2. The number of fused-ring (bicyclic) bond motifs is 2. The maximum Gasteiger partial charge on any atom is 0.150 e. The van der Waals surface area contributed by atoms with E-state index in [1.807, 2.05) is 42.9 Å². The van der Waals surface area contributed by atoms with Gasteiger partial charge in [-0.15, -0.1) is 11.3 Å². The maximum absolute atomic E-state index is 4.61. The number of H-pyrrole nitrogens is 1. The third-order valence-electron chi connectivity index (χ3n) is 3.50. The summed E-state index contributed by atoms with van der Waals surface area (Å²) in [4.78, 5) is 12.4. The summed E-state index contributed by atoms with van der Waals surface area (Å²) < 4.78 is 2.27. The van der Waals surface area contributed by atoms with Gasteiger partial charge < -0.3 is 4.98 Å². The molecule has 0 spiro atoms. The van der Waals surface area contributed by atoms with E-state index in [1.165, 1.54) is 10.1 Å². The molecule has 0 saturated heterocycles. The molecule has 4 rings (SSSR count). The molecule has 0 unspecified atom stereocenters. The van der Waals surface area contributed by atoms with Crippen LogP contribution in [-0.4, -0.2) is 22.4 Å². The van der Waals surface area contributed by atoms with Crippen LogP contribution < -0.4 is 0 Å². The highest BCUT2D eigenvalue weighted by molar-refractivity contribution is 8.00. The van der Waals surface area contributed by atoms with Crippen LogP contribution in [0.4, 0.5) is 5.69 Å². The molecular weight excluding hydrogens is 310 g/mol. The van der Waals surface area contributed by atoms with Crippen molar-refractivity contribution in [3.8, 4) is 0 Å². The van der Waals surface area contributed by atoms with Gasteiger partial charge in [-0.05, 0) is 30.5 Å². The first-order chi connectivity index (χ1) is 10.8. The van der Waals surface area contributed by atoms with Gasteiger partial charge in [0.25, 0.3) is 0 Å². The fourth-order valence-electron chi connectivity index (χ4n) is 2.40. The highest BCUT2D eigenvalue weighted by Gasteiger charge is 2.04. The van der Waals surface area contributed by atoms with E-state index in [4.69, 9.17) is 0 Å². The molecular formula is C17H13N3S2. The maximum atomic E-state index is 4.61. The van der Waals surface area contributed by atoms with Crippen LogP contribution in [0.25, 0.3) is 21.1 Å². The van der Waals surface area contributed by atoms with Gasteiger partial charge in [-0.2, -0.15) is 0 Å². The third kappa shape index (κ3) is 2.42. The predicted molar refractivity (Wildman–Crippen MR) is 97.0 cm³/mol. The standard InChI is InChI=1S/C17H13N3S2/c1-21-17-20-15-7-6-12(8-16(15)22-17)18-9-11-10-19-14-5-3-2-4-13(11)14/h2-10,19H,1H3.